The van der Waals surface area contributed by atoms with E-state index in [4.69, 9.17) is 4.74 Å². The maximum absolute atomic E-state index is 12.9. The summed E-state index contributed by atoms with van der Waals surface area (Å²) in [6, 6.07) is 12.1. The van der Waals surface area contributed by atoms with E-state index >= 15 is 0 Å². The van der Waals surface area contributed by atoms with Crippen molar-refractivity contribution in [1.82, 2.24) is 4.90 Å². The minimum absolute atomic E-state index is 0.123. The van der Waals surface area contributed by atoms with Crippen molar-refractivity contribution in [3.05, 3.63) is 69.2 Å². The molecule has 3 rings (SSSR count). The maximum Gasteiger partial charge on any atom is 0.295 e. The van der Waals surface area contributed by atoms with E-state index in [0.717, 1.165) is 27.8 Å². The number of aliphatic hydroxyl groups is 1. The molecule has 1 amide bonds. The number of ether oxygens (including phenoxy) is 1. The quantitative estimate of drug-likeness (QED) is 0.334. The summed E-state index contributed by atoms with van der Waals surface area (Å²) in [4.78, 5) is 27.2. The van der Waals surface area contributed by atoms with Crippen LogP contribution in [0.2, 0.25) is 0 Å². The molecule has 1 heterocycles. The minimum Gasteiger partial charge on any atom is -0.507 e. The van der Waals surface area contributed by atoms with Gasteiger partial charge in [-0.15, -0.1) is 0 Å². The molecule has 2 aromatic rings. The van der Waals surface area contributed by atoms with Gasteiger partial charge in [0, 0.05) is 16.6 Å². The fourth-order valence-electron chi connectivity index (χ4n) is 3.61. The Labute approximate surface area is 185 Å². The van der Waals surface area contributed by atoms with Crippen LogP contribution in [0, 0.1) is 6.92 Å². The summed E-state index contributed by atoms with van der Waals surface area (Å²) in [5.41, 5.74) is 2.33. The SMILES string of the molecule is CCCOc1ccc(C2/C(=C(/O)c3ccc(Br)c(C)c3)C(=O)C(=O)N2CCC)cc1. The lowest BCUT2D eigenvalue weighted by molar-refractivity contribution is -0.139. The zero-order valence-corrected chi connectivity index (χ0v) is 19.0. The third-order valence-corrected chi connectivity index (χ3v) is 5.99. The van der Waals surface area contributed by atoms with Crippen LogP contribution in [-0.4, -0.2) is 34.8 Å². The number of rotatable bonds is 7. The fourth-order valence-corrected chi connectivity index (χ4v) is 3.86. The van der Waals surface area contributed by atoms with E-state index < -0.39 is 17.7 Å². The van der Waals surface area contributed by atoms with E-state index in [2.05, 4.69) is 15.9 Å². The van der Waals surface area contributed by atoms with Crippen LogP contribution in [0.3, 0.4) is 0 Å². The van der Waals surface area contributed by atoms with Crippen molar-refractivity contribution < 1.29 is 19.4 Å². The largest absolute Gasteiger partial charge is 0.507 e. The predicted molar refractivity (Wildman–Crippen MR) is 120 cm³/mol. The number of benzene rings is 2. The van der Waals surface area contributed by atoms with Gasteiger partial charge in [-0.1, -0.05) is 48.0 Å². The number of Topliss-reactive ketones (excluding diaryl/α,β-unsaturated/α-hetero) is 1. The van der Waals surface area contributed by atoms with Crippen LogP contribution in [0.15, 0.2) is 52.5 Å². The summed E-state index contributed by atoms with van der Waals surface area (Å²) < 4.78 is 6.55. The molecule has 1 atom stereocenters. The number of halogens is 1. The zero-order chi connectivity index (χ0) is 21.8. The molecule has 2 aromatic carbocycles. The highest BCUT2D eigenvalue weighted by Gasteiger charge is 2.45. The Morgan fingerprint density at radius 3 is 2.40 bits per heavy atom. The van der Waals surface area contributed by atoms with Gasteiger partial charge < -0.3 is 14.7 Å². The number of hydrogen-bond acceptors (Lipinski definition) is 4. The normalized spacial score (nSPS) is 18.1. The van der Waals surface area contributed by atoms with Crippen molar-refractivity contribution >= 4 is 33.4 Å². The van der Waals surface area contributed by atoms with Crippen molar-refractivity contribution in [3.63, 3.8) is 0 Å². The smallest absolute Gasteiger partial charge is 0.295 e. The number of amides is 1. The molecule has 6 heteroatoms. The summed E-state index contributed by atoms with van der Waals surface area (Å²) >= 11 is 3.45. The summed E-state index contributed by atoms with van der Waals surface area (Å²) in [5.74, 6) is -0.656. The zero-order valence-electron chi connectivity index (χ0n) is 17.4. The molecule has 5 nitrogen and oxygen atoms in total. The predicted octanol–water partition coefficient (Wildman–Crippen LogP) is 5.38. The van der Waals surface area contributed by atoms with Gasteiger partial charge in [-0.05, 0) is 55.2 Å². The first-order valence-electron chi connectivity index (χ1n) is 10.2. The Balaban J connectivity index is 2.10. The van der Waals surface area contributed by atoms with Gasteiger partial charge in [0.1, 0.15) is 11.5 Å². The van der Waals surface area contributed by atoms with Gasteiger partial charge in [0.05, 0.1) is 18.2 Å². The van der Waals surface area contributed by atoms with Crippen LogP contribution >= 0.6 is 15.9 Å². The molecule has 30 heavy (non-hydrogen) atoms. The van der Waals surface area contributed by atoms with E-state index in [1.165, 1.54) is 0 Å². The minimum atomic E-state index is -0.655. The van der Waals surface area contributed by atoms with E-state index in [0.29, 0.717) is 25.1 Å². The molecule has 0 radical (unpaired) electrons. The second kappa shape index (κ2) is 9.47. The second-order valence-electron chi connectivity index (χ2n) is 7.37. The fraction of sp³-hybridized carbons (Fsp3) is 0.333. The summed E-state index contributed by atoms with van der Waals surface area (Å²) in [7, 11) is 0. The van der Waals surface area contributed by atoms with Crippen LogP contribution in [0.5, 0.6) is 5.75 Å². The number of aliphatic hydroxyl groups excluding tert-OH is 1. The van der Waals surface area contributed by atoms with Crippen molar-refractivity contribution in [2.45, 2.75) is 39.7 Å². The van der Waals surface area contributed by atoms with E-state index in [1.54, 1.807) is 17.0 Å². The van der Waals surface area contributed by atoms with E-state index in [-0.39, 0.29) is 11.3 Å². The van der Waals surface area contributed by atoms with Gasteiger partial charge in [-0.3, -0.25) is 9.59 Å². The van der Waals surface area contributed by atoms with Crippen LogP contribution in [0.4, 0.5) is 0 Å². The molecule has 158 valence electrons. The lowest BCUT2D eigenvalue weighted by Gasteiger charge is -2.25. The number of nitrogens with zero attached hydrogens (tertiary/aromatic N) is 1. The third kappa shape index (κ3) is 4.29. The highest BCUT2D eigenvalue weighted by atomic mass is 79.9. The van der Waals surface area contributed by atoms with Gasteiger partial charge in [0.15, 0.2) is 0 Å². The number of carbonyl (C=O) groups is 2. The monoisotopic (exact) mass is 471 g/mol. The van der Waals surface area contributed by atoms with Crippen molar-refractivity contribution in [2.75, 3.05) is 13.2 Å². The third-order valence-electron chi connectivity index (χ3n) is 5.10. The van der Waals surface area contributed by atoms with E-state index in [1.807, 2.05) is 51.1 Å². The number of likely N-dealkylation sites (tertiary alicyclic amines) is 1. The van der Waals surface area contributed by atoms with Crippen molar-refractivity contribution in [3.8, 4) is 5.75 Å². The number of carbonyl (C=O) groups excluding carboxylic acids is 2. The van der Waals surface area contributed by atoms with Crippen LogP contribution in [-0.2, 0) is 9.59 Å². The lowest BCUT2D eigenvalue weighted by atomic mass is 9.95. The molecule has 0 aliphatic carbocycles. The highest BCUT2D eigenvalue weighted by Crippen LogP contribution is 2.40. The maximum atomic E-state index is 12.9. The molecule has 1 unspecified atom stereocenters. The Kier molecular flexibility index (Phi) is 6.98. The second-order valence-corrected chi connectivity index (χ2v) is 8.23. The first-order valence-corrected chi connectivity index (χ1v) is 11.0. The standard InChI is InChI=1S/C24H26BrNO4/c1-4-12-26-21(16-6-9-18(10-7-16)30-13-5-2)20(23(28)24(26)29)22(27)17-8-11-19(25)15(3)14-17/h6-11,14,21,27H,4-5,12-13H2,1-3H3/b22-20-. The van der Waals surface area contributed by atoms with Gasteiger partial charge >= 0.3 is 0 Å². The molecule has 0 bridgehead atoms. The number of ketones is 1. The van der Waals surface area contributed by atoms with Gasteiger partial charge in [0.2, 0.25) is 0 Å². The molecule has 1 fully saturated rings. The Hall–Kier alpha value is -2.60. The van der Waals surface area contributed by atoms with Crippen LogP contribution < -0.4 is 4.74 Å². The molecular weight excluding hydrogens is 446 g/mol. The Morgan fingerprint density at radius 1 is 1.10 bits per heavy atom. The van der Waals surface area contributed by atoms with Crippen molar-refractivity contribution in [2.24, 2.45) is 0 Å². The molecule has 0 saturated carbocycles. The molecule has 0 aromatic heterocycles. The van der Waals surface area contributed by atoms with Gasteiger partial charge in [-0.25, -0.2) is 0 Å². The van der Waals surface area contributed by atoms with Crippen molar-refractivity contribution in [1.29, 1.82) is 0 Å². The lowest BCUT2D eigenvalue weighted by Crippen LogP contribution is -2.30. The van der Waals surface area contributed by atoms with E-state index in [9.17, 15) is 14.7 Å². The van der Waals surface area contributed by atoms with Gasteiger partial charge in [0.25, 0.3) is 11.7 Å². The molecule has 0 spiro atoms. The number of hydrogen-bond donors (Lipinski definition) is 1. The average molecular weight is 472 g/mol. The Bertz CT molecular complexity index is 981. The van der Waals surface area contributed by atoms with Crippen LogP contribution in [0.25, 0.3) is 5.76 Å². The van der Waals surface area contributed by atoms with Gasteiger partial charge in [-0.2, -0.15) is 0 Å². The molecule has 1 aliphatic heterocycles. The highest BCUT2D eigenvalue weighted by molar-refractivity contribution is 9.10. The summed E-state index contributed by atoms with van der Waals surface area (Å²) in [6.45, 7) is 6.95. The topological polar surface area (TPSA) is 66.8 Å². The summed E-state index contributed by atoms with van der Waals surface area (Å²) in [6.07, 6.45) is 1.61. The number of aryl methyl sites for hydroxylation is 1. The Morgan fingerprint density at radius 2 is 1.80 bits per heavy atom. The van der Waals surface area contributed by atoms with Crippen LogP contribution in [0.1, 0.15) is 49.4 Å². The first-order chi connectivity index (χ1) is 14.4. The first kappa shape index (κ1) is 22.1. The molecule has 1 saturated heterocycles. The average Bonchev–Trinajstić information content (AvgIpc) is 2.99. The summed E-state index contributed by atoms with van der Waals surface area (Å²) in [5, 5.41) is 11.1. The molecule has 1 N–H and O–H groups in total. The molecule has 1 aliphatic rings. The molecular formula is C24H26BrNO4.